The monoisotopic (exact) mass is 341 g/mol. The molecule has 4 nitrogen and oxygen atoms in total. The second kappa shape index (κ2) is 6.13. The Morgan fingerprint density at radius 1 is 1.00 bits per heavy atom. The van der Waals surface area contributed by atoms with Crippen LogP contribution in [0.1, 0.15) is 16.7 Å². The molecule has 0 radical (unpaired) electrons. The van der Waals surface area contributed by atoms with Gasteiger partial charge in [-0.25, -0.2) is 4.90 Å². The third-order valence-corrected chi connectivity index (χ3v) is 4.36. The van der Waals surface area contributed by atoms with Crippen molar-refractivity contribution >= 4 is 34.7 Å². The van der Waals surface area contributed by atoms with E-state index in [2.05, 4.69) is 0 Å². The number of halogens is 1. The van der Waals surface area contributed by atoms with Crippen LogP contribution in [0.2, 0.25) is 0 Å². The molecule has 0 N–H and O–H groups in total. The van der Waals surface area contributed by atoms with E-state index in [0.717, 1.165) is 16.0 Å². The molecule has 122 valence electrons. The number of carbonyl (C=O) groups excluding carboxylic acids is 2. The molecule has 0 atom stereocenters. The molecule has 0 bridgehead atoms. The quantitative estimate of drug-likeness (QED) is 0.797. The van der Waals surface area contributed by atoms with Gasteiger partial charge in [0.1, 0.15) is 10.8 Å². The molecule has 0 saturated heterocycles. The lowest BCUT2D eigenvalue weighted by Gasteiger charge is -2.18. The summed E-state index contributed by atoms with van der Waals surface area (Å²) in [6, 6.07) is 12.6. The van der Waals surface area contributed by atoms with Crippen molar-refractivity contribution in [2.24, 2.45) is 0 Å². The van der Waals surface area contributed by atoms with E-state index in [1.54, 1.807) is 30.3 Å². The average molecular weight is 342 g/mol. The van der Waals surface area contributed by atoms with Crippen molar-refractivity contribution in [2.45, 2.75) is 13.8 Å². The van der Waals surface area contributed by atoms with Crippen LogP contribution in [0.3, 0.4) is 0 Å². The molecule has 2 amide bonds. The molecule has 2 aromatic carbocycles. The summed E-state index contributed by atoms with van der Waals surface area (Å²) < 4.78 is 5.30. The van der Waals surface area contributed by atoms with Crippen molar-refractivity contribution in [3.05, 3.63) is 64.2 Å². The largest absolute Gasteiger partial charge is 0.496 e. The lowest BCUT2D eigenvalue weighted by Crippen LogP contribution is -2.31. The van der Waals surface area contributed by atoms with E-state index in [1.807, 2.05) is 26.0 Å². The standard InChI is InChI=1S/C19H16ClNO3/c1-11-8-9-12(2)14(10-11)21-18(22)16(17(20)19(21)23)13-6-4-5-7-15(13)24-3/h4-10H,1-3H3. The summed E-state index contributed by atoms with van der Waals surface area (Å²) >= 11 is 6.24. The molecule has 0 fully saturated rings. The van der Waals surface area contributed by atoms with E-state index >= 15 is 0 Å². The number of imide groups is 1. The Kier molecular flexibility index (Phi) is 4.16. The fraction of sp³-hybridized carbons (Fsp3) is 0.158. The highest BCUT2D eigenvalue weighted by Crippen LogP contribution is 2.39. The number of benzene rings is 2. The maximum atomic E-state index is 13.0. The second-order valence-electron chi connectivity index (χ2n) is 5.62. The molecular weight excluding hydrogens is 326 g/mol. The second-order valence-corrected chi connectivity index (χ2v) is 6.00. The third-order valence-electron chi connectivity index (χ3n) is 4.01. The Balaban J connectivity index is 2.13. The first-order valence-corrected chi connectivity index (χ1v) is 7.82. The number of amides is 2. The first-order chi connectivity index (χ1) is 11.5. The van der Waals surface area contributed by atoms with E-state index in [-0.39, 0.29) is 10.6 Å². The van der Waals surface area contributed by atoms with Gasteiger partial charge in [-0.15, -0.1) is 0 Å². The van der Waals surface area contributed by atoms with E-state index in [1.165, 1.54) is 7.11 Å². The summed E-state index contributed by atoms with van der Waals surface area (Å²) in [6.45, 7) is 3.76. The zero-order valence-corrected chi connectivity index (χ0v) is 14.3. The van der Waals surface area contributed by atoms with Gasteiger partial charge in [0.15, 0.2) is 0 Å². The van der Waals surface area contributed by atoms with Crippen LogP contribution in [-0.2, 0) is 9.59 Å². The minimum absolute atomic E-state index is 0.0922. The van der Waals surface area contributed by atoms with Crippen LogP contribution in [0.15, 0.2) is 47.5 Å². The summed E-state index contributed by atoms with van der Waals surface area (Å²) in [7, 11) is 1.51. The highest BCUT2D eigenvalue weighted by atomic mass is 35.5. The van der Waals surface area contributed by atoms with Gasteiger partial charge >= 0.3 is 0 Å². The smallest absolute Gasteiger partial charge is 0.277 e. The molecule has 2 aromatic rings. The predicted octanol–water partition coefficient (Wildman–Crippen LogP) is 3.84. The molecule has 1 heterocycles. The first kappa shape index (κ1) is 16.3. The Hall–Kier alpha value is -2.59. The summed E-state index contributed by atoms with van der Waals surface area (Å²) in [5, 5.41) is -0.0922. The molecule has 0 saturated carbocycles. The normalized spacial score (nSPS) is 14.6. The van der Waals surface area contributed by atoms with Crippen LogP contribution >= 0.6 is 11.6 Å². The van der Waals surface area contributed by atoms with Gasteiger partial charge in [-0.3, -0.25) is 9.59 Å². The SMILES string of the molecule is COc1ccccc1C1=C(Cl)C(=O)N(c2cc(C)ccc2C)C1=O. The number of hydrogen-bond donors (Lipinski definition) is 0. The number of para-hydroxylation sites is 1. The average Bonchev–Trinajstić information content (AvgIpc) is 2.79. The predicted molar refractivity (Wildman–Crippen MR) is 94.2 cm³/mol. The minimum atomic E-state index is -0.517. The molecule has 0 aromatic heterocycles. The highest BCUT2D eigenvalue weighted by Gasteiger charge is 2.40. The Morgan fingerprint density at radius 2 is 1.71 bits per heavy atom. The third kappa shape index (κ3) is 2.49. The molecule has 0 aliphatic carbocycles. The van der Waals surface area contributed by atoms with Gasteiger partial charge in [0.05, 0.1) is 18.4 Å². The topological polar surface area (TPSA) is 46.6 Å². The van der Waals surface area contributed by atoms with Crippen LogP contribution in [-0.4, -0.2) is 18.9 Å². The number of aryl methyl sites for hydroxylation is 2. The van der Waals surface area contributed by atoms with Crippen molar-refractivity contribution in [3.63, 3.8) is 0 Å². The molecule has 1 aliphatic heterocycles. The van der Waals surface area contributed by atoms with Crippen LogP contribution in [0, 0.1) is 13.8 Å². The van der Waals surface area contributed by atoms with Gasteiger partial charge in [-0.05, 0) is 37.1 Å². The molecule has 1 aliphatic rings. The van der Waals surface area contributed by atoms with Crippen LogP contribution in [0.5, 0.6) is 5.75 Å². The molecular formula is C19H16ClNO3. The van der Waals surface area contributed by atoms with Gasteiger partial charge in [0.25, 0.3) is 11.8 Å². The van der Waals surface area contributed by atoms with E-state index < -0.39 is 11.8 Å². The van der Waals surface area contributed by atoms with E-state index in [0.29, 0.717) is 17.0 Å². The fourth-order valence-corrected chi connectivity index (χ4v) is 3.03. The lowest BCUT2D eigenvalue weighted by atomic mass is 10.0. The number of rotatable bonds is 3. The van der Waals surface area contributed by atoms with Gasteiger partial charge in [0.2, 0.25) is 0 Å². The molecule has 0 unspecified atom stereocenters. The Labute approximate surface area is 145 Å². The summed E-state index contributed by atoms with van der Waals surface area (Å²) in [6.07, 6.45) is 0. The van der Waals surface area contributed by atoms with Crippen molar-refractivity contribution in [1.82, 2.24) is 0 Å². The number of carbonyl (C=O) groups is 2. The Morgan fingerprint density at radius 3 is 2.42 bits per heavy atom. The molecule has 5 heteroatoms. The highest BCUT2D eigenvalue weighted by molar-refractivity contribution is 6.60. The number of ether oxygens (including phenoxy) is 1. The van der Waals surface area contributed by atoms with E-state index in [9.17, 15) is 9.59 Å². The van der Waals surface area contributed by atoms with Gasteiger partial charge in [-0.2, -0.15) is 0 Å². The summed E-state index contributed by atoms with van der Waals surface area (Å²) in [5.74, 6) is -0.464. The van der Waals surface area contributed by atoms with Crippen molar-refractivity contribution in [1.29, 1.82) is 0 Å². The molecule has 24 heavy (non-hydrogen) atoms. The minimum Gasteiger partial charge on any atom is -0.496 e. The van der Waals surface area contributed by atoms with Crippen LogP contribution in [0.4, 0.5) is 5.69 Å². The number of anilines is 1. The van der Waals surface area contributed by atoms with Gasteiger partial charge < -0.3 is 4.74 Å². The van der Waals surface area contributed by atoms with Gasteiger partial charge in [0, 0.05) is 5.56 Å². The summed E-state index contributed by atoms with van der Waals surface area (Å²) in [5.41, 5.74) is 3.01. The van der Waals surface area contributed by atoms with Gasteiger partial charge in [-0.1, -0.05) is 41.9 Å². The number of nitrogens with zero attached hydrogens (tertiary/aromatic N) is 1. The molecule has 3 rings (SSSR count). The van der Waals surface area contributed by atoms with Crippen LogP contribution < -0.4 is 9.64 Å². The fourth-order valence-electron chi connectivity index (χ4n) is 2.77. The van der Waals surface area contributed by atoms with Crippen molar-refractivity contribution in [2.75, 3.05) is 12.0 Å². The van der Waals surface area contributed by atoms with E-state index in [4.69, 9.17) is 16.3 Å². The van der Waals surface area contributed by atoms with Crippen molar-refractivity contribution < 1.29 is 14.3 Å². The zero-order chi connectivity index (χ0) is 17.4. The number of methoxy groups -OCH3 is 1. The maximum Gasteiger partial charge on any atom is 0.277 e. The Bertz CT molecular complexity index is 886. The lowest BCUT2D eigenvalue weighted by molar-refractivity contribution is -0.119. The van der Waals surface area contributed by atoms with Crippen LogP contribution in [0.25, 0.3) is 5.57 Å². The number of hydrogen-bond acceptors (Lipinski definition) is 3. The maximum absolute atomic E-state index is 13.0. The van der Waals surface area contributed by atoms with Crippen molar-refractivity contribution in [3.8, 4) is 5.75 Å². The first-order valence-electron chi connectivity index (χ1n) is 7.45. The zero-order valence-electron chi connectivity index (χ0n) is 13.6. The summed E-state index contributed by atoms with van der Waals surface area (Å²) in [4.78, 5) is 26.7. The molecule has 0 spiro atoms.